The topological polar surface area (TPSA) is 91.5 Å². The van der Waals surface area contributed by atoms with Crippen LogP contribution in [0.5, 0.6) is 0 Å². The van der Waals surface area contributed by atoms with E-state index in [0.717, 1.165) is 61.0 Å². The van der Waals surface area contributed by atoms with Crippen LogP contribution in [0.25, 0.3) is 0 Å². The van der Waals surface area contributed by atoms with E-state index in [1.807, 2.05) is 73.1 Å². The average Bonchev–Trinajstić information content (AvgIpc) is 3.63. The van der Waals surface area contributed by atoms with Crippen LogP contribution in [0.2, 0.25) is 0 Å². The summed E-state index contributed by atoms with van der Waals surface area (Å²) in [5, 5.41) is -0.782. The van der Waals surface area contributed by atoms with Gasteiger partial charge in [0.1, 0.15) is 0 Å². The van der Waals surface area contributed by atoms with E-state index < -0.39 is 20.3 Å². The lowest BCUT2D eigenvalue weighted by molar-refractivity contribution is 0.527. The fraction of sp³-hybridized carbons (Fsp3) is 0.400. The second kappa shape index (κ2) is 13.9. The quantitative estimate of drug-likeness (QED) is 0.181. The lowest BCUT2D eigenvalue weighted by Gasteiger charge is -2.25. The van der Waals surface area contributed by atoms with Gasteiger partial charge in [-0.25, -0.2) is 18.4 Å². The molecule has 0 spiro atoms. The number of unbranched alkanes of at least 4 members (excludes halogenated alkanes) is 2. The van der Waals surface area contributed by atoms with Crippen molar-refractivity contribution in [3.63, 3.8) is 0 Å². The number of sulfone groups is 1. The molecule has 7 heteroatoms. The molecule has 2 aromatic heterocycles. The van der Waals surface area contributed by atoms with Crippen molar-refractivity contribution >= 4 is 9.84 Å². The Morgan fingerprint density at radius 1 is 0.622 bits per heavy atom. The number of nitrogens with zero attached hydrogens (tertiary/aromatic N) is 2. The molecule has 2 aromatic carbocycles. The van der Waals surface area contributed by atoms with Crippen LogP contribution >= 0.6 is 0 Å². The van der Waals surface area contributed by atoms with Crippen molar-refractivity contribution in [2.24, 2.45) is 0 Å². The van der Waals surface area contributed by atoms with Gasteiger partial charge in [-0.2, -0.15) is 0 Å². The zero-order valence-corrected chi connectivity index (χ0v) is 22.2. The molecular formula is C30H38N4O2S. The number of H-pyrrole nitrogens is 2. The van der Waals surface area contributed by atoms with Gasteiger partial charge in [0.25, 0.3) is 0 Å². The van der Waals surface area contributed by atoms with Gasteiger partial charge in [-0.05, 0) is 62.5 Å². The third kappa shape index (κ3) is 8.42. The molecule has 2 N–H and O–H groups in total. The Hall–Kier alpha value is -3.19. The summed E-state index contributed by atoms with van der Waals surface area (Å²) < 4.78 is 28.5. The molecule has 4 aromatic rings. The summed E-state index contributed by atoms with van der Waals surface area (Å²) in [4.78, 5) is 14.5. The van der Waals surface area contributed by atoms with Crippen LogP contribution in [0.15, 0.2) is 85.7 Å². The minimum absolute atomic E-state index is 0.391. The standard InChI is InChI=1S/C30H38N4O2S/c35-37(36,29(19-25-11-3-1-4-12-25)17-9-7-15-27-21-31-23-33-27)30(20-26-13-5-2-6-14-26)18-10-8-16-28-22-32-24-34-28/h1-6,11-14,21-24,29-30H,7-10,15-20H2,(H,31,33)(H,32,34). The maximum atomic E-state index is 14.3. The lowest BCUT2D eigenvalue weighted by Crippen LogP contribution is -2.35. The lowest BCUT2D eigenvalue weighted by atomic mass is 10.0. The van der Waals surface area contributed by atoms with Crippen LogP contribution in [0.4, 0.5) is 0 Å². The zero-order valence-electron chi connectivity index (χ0n) is 21.4. The summed E-state index contributed by atoms with van der Waals surface area (Å²) in [5.74, 6) is 0. The zero-order chi connectivity index (χ0) is 25.8. The van der Waals surface area contributed by atoms with E-state index in [0.29, 0.717) is 25.7 Å². The van der Waals surface area contributed by atoms with Gasteiger partial charge < -0.3 is 9.97 Å². The Balaban J connectivity index is 1.47. The normalized spacial score (nSPS) is 13.4. The molecule has 0 saturated carbocycles. The summed E-state index contributed by atoms with van der Waals surface area (Å²) in [5.41, 5.74) is 4.37. The molecule has 4 rings (SSSR count). The highest BCUT2D eigenvalue weighted by atomic mass is 32.2. The van der Waals surface area contributed by atoms with Crippen LogP contribution in [0.3, 0.4) is 0 Å². The minimum atomic E-state index is -3.37. The number of imidazole rings is 2. The molecule has 6 nitrogen and oxygen atoms in total. The first-order valence-corrected chi connectivity index (χ1v) is 15.0. The molecule has 2 unspecified atom stereocenters. The molecule has 196 valence electrons. The second-order valence-electron chi connectivity index (χ2n) is 9.86. The van der Waals surface area contributed by atoms with Gasteiger partial charge in [-0.3, -0.25) is 0 Å². The summed E-state index contributed by atoms with van der Waals surface area (Å²) in [6.07, 6.45) is 14.9. The van der Waals surface area contributed by atoms with Crippen molar-refractivity contribution in [3.05, 3.63) is 108 Å². The first kappa shape index (κ1) is 26.9. The molecule has 0 radical (unpaired) electrons. The van der Waals surface area contributed by atoms with Crippen molar-refractivity contribution in [3.8, 4) is 0 Å². The molecule has 0 aliphatic heterocycles. The van der Waals surface area contributed by atoms with E-state index in [-0.39, 0.29) is 0 Å². The van der Waals surface area contributed by atoms with Crippen molar-refractivity contribution < 1.29 is 8.42 Å². The summed E-state index contributed by atoms with van der Waals surface area (Å²) in [6, 6.07) is 20.1. The maximum absolute atomic E-state index is 14.3. The van der Waals surface area contributed by atoms with Crippen LogP contribution < -0.4 is 0 Å². The molecule has 0 bridgehead atoms. The first-order chi connectivity index (χ1) is 18.1. The summed E-state index contributed by atoms with van der Waals surface area (Å²) >= 11 is 0. The minimum Gasteiger partial charge on any atom is -0.348 e. The third-order valence-corrected chi connectivity index (χ3v) is 9.76. The van der Waals surface area contributed by atoms with Gasteiger partial charge in [0.15, 0.2) is 9.84 Å². The molecule has 0 fully saturated rings. The van der Waals surface area contributed by atoms with Gasteiger partial charge >= 0.3 is 0 Å². The number of aromatic nitrogens is 4. The van der Waals surface area contributed by atoms with Crippen molar-refractivity contribution in [1.82, 2.24) is 19.9 Å². The molecular weight excluding hydrogens is 480 g/mol. The molecule has 0 aliphatic rings. The molecule has 0 amide bonds. The van der Waals surface area contributed by atoms with Gasteiger partial charge in [-0.1, -0.05) is 73.5 Å². The van der Waals surface area contributed by atoms with Crippen LogP contribution in [-0.2, 0) is 35.5 Å². The summed E-state index contributed by atoms with van der Waals surface area (Å²) in [7, 11) is -3.37. The third-order valence-electron chi connectivity index (χ3n) is 7.10. The van der Waals surface area contributed by atoms with Gasteiger partial charge in [-0.15, -0.1) is 0 Å². The van der Waals surface area contributed by atoms with E-state index in [9.17, 15) is 8.42 Å². The van der Waals surface area contributed by atoms with Crippen LogP contribution in [-0.4, -0.2) is 38.9 Å². The van der Waals surface area contributed by atoms with Crippen LogP contribution in [0.1, 0.15) is 61.0 Å². The molecule has 2 heterocycles. The Morgan fingerprint density at radius 3 is 1.43 bits per heavy atom. The Morgan fingerprint density at radius 2 is 1.05 bits per heavy atom. The predicted octanol–water partition coefficient (Wildman–Crippen LogP) is 5.90. The van der Waals surface area contributed by atoms with Gasteiger partial charge in [0, 0.05) is 23.8 Å². The van der Waals surface area contributed by atoms with Crippen molar-refractivity contribution in [2.75, 3.05) is 0 Å². The SMILES string of the molecule is O=S(=O)(C(CCCCc1cnc[nH]1)Cc1ccccc1)C(CCCCc1cnc[nH]1)Cc1ccccc1. The van der Waals surface area contributed by atoms with Gasteiger partial charge in [0.05, 0.1) is 23.2 Å². The van der Waals surface area contributed by atoms with Crippen molar-refractivity contribution in [2.45, 2.75) is 74.7 Å². The molecule has 37 heavy (non-hydrogen) atoms. The van der Waals surface area contributed by atoms with E-state index >= 15 is 0 Å². The highest BCUT2D eigenvalue weighted by Gasteiger charge is 2.33. The first-order valence-electron chi connectivity index (χ1n) is 13.4. The fourth-order valence-electron chi connectivity index (χ4n) is 5.01. The number of aryl methyl sites for hydroxylation is 2. The Labute approximate surface area is 220 Å². The monoisotopic (exact) mass is 518 g/mol. The number of rotatable bonds is 16. The smallest absolute Gasteiger partial charge is 0.156 e. The van der Waals surface area contributed by atoms with E-state index in [1.165, 1.54) is 0 Å². The largest absolute Gasteiger partial charge is 0.348 e. The molecule has 2 atom stereocenters. The van der Waals surface area contributed by atoms with E-state index in [2.05, 4.69) is 19.9 Å². The van der Waals surface area contributed by atoms with E-state index in [1.54, 1.807) is 12.7 Å². The Bertz CT molecular complexity index is 1150. The van der Waals surface area contributed by atoms with Gasteiger partial charge in [0.2, 0.25) is 0 Å². The predicted molar refractivity (Wildman–Crippen MR) is 149 cm³/mol. The highest BCUT2D eigenvalue weighted by Crippen LogP contribution is 2.26. The second-order valence-corrected chi connectivity index (χ2v) is 12.4. The fourth-order valence-corrected chi connectivity index (χ4v) is 7.39. The van der Waals surface area contributed by atoms with Crippen LogP contribution in [0, 0.1) is 0 Å². The molecule has 0 aliphatic carbocycles. The number of nitrogens with one attached hydrogen (secondary N) is 2. The molecule has 0 saturated heterocycles. The maximum Gasteiger partial charge on any atom is 0.156 e. The highest BCUT2D eigenvalue weighted by molar-refractivity contribution is 7.92. The summed E-state index contributed by atoms with van der Waals surface area (Å²) in [6.45, 7) is 0. The Kier molecular flexibility index (Phi) is 10.1. The van der Waals surface area contributed by atoms with E-state index in [4.69, 9.17) is 0 Å². The number of aromatic amines is 2. The number of hydrogen-bond acceptors (Lipinski definition) is 4. The van der Waals surface area contributed by atoms with Crippen molar-refractivity contribution in [1.29, 1.82) is 0 Å². The average molecular weight is 519 g/mol. The number of hydrogen-bond donors (Lipinski definition) is 2. The number of benzene rings is 2.